The van der Waals surface area contributed by atoms with Gasteiger partial charge in [0, 0.05) is 6.54 Å². The molecular weight excluding hydrogens is 288 g/mol. The van der Waals surface area contributed by atoms with Crippen molar-refractivity contribution in [2.75, 3.05) is 6.54 Å². The van der Waals surface area contributed by atoms with Gasteiger partial charge < -0.3 is 5.73 Å². The summed E-state index contributed by atoms with van der Waals surface area (Å²) in [5, 5.41) is 7.46. The molecule has 0 aromatic heterocycles. The number of nitrogens with one attached hydrogen (secondary N) is 1. The molecule has 1 unspecified atom stereocenters. The van der Waals surface area contributed by atoms with E-state index < -0.39 is 32.6 Å². The number of nitrogens with zero attached hydrogens (tertiary/aromatic N) is 1. The van der Waals surface area contributed by atoms with Gasteiger partial charge in [-0.2, -0.15) is 4.31 Å². The Morgan fingerprint density at radius 2 is 2.05 bits per heavy atom. The average molecular weight is 303 g/mol. The lowest BCUT2D eigenvalue weighted by atomic mass is 10.0. The van der Waals surface area contributed by atoms with Gasteiger partial charge in [-0.3, -0.25) is 5.41 Å². The van der Waals surface area contributed by atoms with E-state index in [1.54, 1.807) is 0 Å². The van der Waals surface area contributed by atoms with Crippen molar-refractivity contribution >= 4 is 15.9 Å². The van der Waals surface area contributed by atoms with Crippen LogP contribution in [0.15, 0.2) is 23.1 Å². The van der Waals surface area contributed by atoms with Crippen LogP contribution in [0, 0.1) is 17.0 Å². The highest BCUT2D eigenvalue weighted by molar-refractivity contribution is 7.89. The first-order valence-electron chi connectivity index (χ1n) is 6.15. The molecule has 110 valence electrons. The molecule has 20 heavy (non-hydrogen) atoms. The minimum Gasteiger partial charge on any atom is -0.386 e. The number of hydrogen-bond acceptors (Lipinski definition) is 3. The summed E-state index contributed by atoms with van der Waals surface area (Å²) in [4.78, 5) is -0.717. The van der Waals surface area contributed by atoms with Gasteiger partial charge in [-0.05, 0) is 31.0 Å². The van der Waals surface area contributed by atoms with Crippen molar-refractivity contribution in [3.8, 4) is 0 Å². The third-order valence-corrected chi connectivity index (χ3v) is 5.22. The molecule has 1 heterocycles. The van der Waals surface area contributed by atoms with Gasteiger partial charge in [0.15, 0.2) is 0 Å². The number of nitrogens with two attached hydrogens (primary N) is 1. The Morgan fingerprint density at radius 1 is 1.35 bits per heavy atom. The first-order valence-corrected chi connectivity index (χ1v) is 7.59. The molecule has 8 heteroatoms. The highest BCUT2D eigenvalue weighted by Gasteiger charge is 2.36. The third-order valence-electron chi connectivity index (χ3n) is 3.29. The minimum absolute atomic E-state index is 0.141. The van der Waals surface area contributed by atoms with E-state index in [9.17, 15) is 17.2 Å². The van der Waals surface area contributed by atoms with E-state index in [0.717, 1.165) is 22.9 Å². The SMILES string of the molecule is N=C(N)C1CCCCN1S(=O)(=O)c1cc(F)ccc1F. The second kappa shape index (κ2) is 5.45. The van der Waals surface area contributed by atoms with Crippen LogP contribution in [0.4, 0.5) is 8.78 Å². The third kappa shape index (κ3) is 2.66. The predicted octanol–water partition coefficient (Wildman–Crippen LogP) is 1.44. The maximum Gasteiger partial charge on any atom is 0.246 e. The van der Waals surface area contributed by atoms with E-state index in [4.69, 9.17) is 11.1 Å². The molecule has 1 aromatic rings. The Balaban J connectivity index is 2.47. The van der Waals surface area contributed by atoms with Gasteiger partial charge in [0.2, 0.25) is 10.0 Å². The van der Waals surface area contributed by atoms with Crippen LogP contribution in [0.5, 0.6) is 0 Å². The Morgan fingerprint density at radius 3 is 2.70 bits per heavy atom. The van der Waals surface area contributed by atoms with Gasteiger partial charge in [0.25, 0.3) is 0 Å². The maximum atomic E-state index is 13.7. The summed E-state index contributed by atoms with van der Waals surface area (Å²) in [5.74, 6) is -2.13. The molecule has 0 spiro atoms. The fourth-order valence-corrected chi connectivity index (χ4v) is 4.06. The van der Waals surface area contributed by atoms with Crippen molar-refractivity contribution in [1.82, 2.24) is 4.31 Å². The van der Waals surface area contributed by atoms with Gasteiger partial charge >= 0.3 is 0 Å². The lowest BCUT2D eigenvalue weighted by Gasteiger charge is -2.33. The number of benzene rings is 1. The molecule has 1 saturated heterocycles. The molecule has 5 nitrogen and oxygen atoms in total. The summed E-state index contributed by atoms with van der Waals surface area (Å²) in [6.07, 6.45) is 1.74. The molecule has 0 saturated carbocycles. The Kier molecular flexibility index (Phi) is 4.05. The molecular formula is C12H15F2N3O2S. The number of hydrogen-bond donors (Lipinski definition) is 2. The van der Waals surface area contributed by atoms with Crippen molar-refractivity contribution in [3.63, 3.8) is 0 Å². The van der Waals surface area contributed by atoms with Crippen LogP contribution in [0.3, 0.4) is 0 Å². The lowest BCUT2D eigenvalue weighted by molar-refractivity contribution is 0.302. The zero-order valence-corrected chi connectivity index (χ0v) is 11.5. The zero-order chi connectivity index (χ0) is 14.9. The van der Waals surface area contributed by atoms with Crippen molar-refractivity contribution in [2.45, 2.75) is 30.2 Å². The number of amidine groups is 1. The maximum absolute atomic E-state index is 13.7. The number of piperidine rings is 1. The summed E-state index contributed by atoms with van der Waals surface area (Å²) in [6, 6.07) is 1.48. The fraction of sp³-hybridized carbons (Fsp3) is 0.417. The Bertz CT molecular complexity index is 634. The highest BCUT2D eigenvalue weighted by Crippen LogP contribution is 2.27. The summed E-state index contributed by atoms with van der Waals surface area (Å²) in [7, 11) is -4.21. The van der Waals surface area contributed by atoms with E-state index >= 15 is 0 Å². The van der Waals surface area contributed by atoms with E-state index in [2.05, 4.69) is 0 Å². The normalized spacial score (nSPS) is 20.8. The standard InChI is InChI=1S/C12H15F2N3O2S/c13-8-4-5-9(14)11(7-8)20(18,19)17-6-2-1-3-10(17)12(15)16/h4-5,7,10H,1-3,6H2,(H3,15,16). The molecule has 1 aliphatic heterocycles. The van der Waals surface area contributed by atoms with E-state index in [0.29, 0.717) is 18.9 Å². The van der Waals surface area contributed by atoms with Crippen LogP contribution >= 0.6 is 0 Å². The fourth-order valence-electron chi connectivity index (χ4n) is 2.30. The molecule has 0 aliphatic carbocycles. The van der Waals surface area contributed by atoms with Gasteiger partial charge in [-0.15, -0.1) is 0 Å². The molecule has 0 bridgehead atoms. The van der Waals surface area contributed by atoms with Gasteiger partial charge in [0.05, 0.1) is 6.04 Å². The molecule has 0 radical (unpaired) electrons. The summed E-state index contributed by atoms with van der Waals surface area (Å²) >= 11 is 0. The Hall–Kier alpha value is -1.54. The smallest absolute Gasteiger partial charge is 0.246 e. The van der Waals surface area contributed by atoms with Crippen molar-refractivity contribution in [3.05, 3.63) is 29.8 Å². The van der Waals surface area contributed by atoms with E-state index in [1.165, 1.54) is 0 Å². The monoisotopic (exact) mass is 303 g/mol. The van der Waals surface area contributed by atoms with Crippen LogP contribution < -0.4 is 5.73 Å². The van der Waals surface area contributed by atoms with Gasteiger partial charge in [0.1, 0.15) is 22.4 Å². The molecule has 1 atom stereocenters. The molecule has 1 aliphatic rings. The van der Waals surface area contributed by atoms with Crippen molar-refractivity contribution < 1.29 is 17.2 Å². The highest BCUT2D eigenvalue weighted by atomic mass is 32.2. The summed E-state index contributed by atoms with van der Waals surface area (Å²) < 4.78 is 52.7. The first kappa shape index (κ1) is 14.9. The average Bonchev–Trinajstić information content (AvgIpc) is 2.41. The zero-order valence-electron chi connectivity index (χ0n) is 10.6. The summed E-state index contributed by atoms with van der Waals surface area (Å²) in [6.45, 7) is 0.141. The first-order chi connectivity index (χ1) is 9.34. The van der Waals surface area contributed by atoms with E-state index in [-0.39, 0.29) is 12.4 Å². The molecule has 0 amide bonds. The number of rotatable bonds is 3. The van der Waals surface area contributed by atoms with Gasteiger partial charge in [-0.1, -0.05) is 6.42 Å². The van der Waals surface area contributed by atoms with Crippen LogP contribution in [0.25, 0.3) is 0 Å². The predicted molar refractivity (Wildman–Crippen MR) is 69.8 cm³/mol. The van der Waals surface area contributed by atoms with Crippen LogP contribution in [0.2, 0.25) is 0 Å². The molecule has 2 rings (SSSR count). The second-order valence-electron chi connectivity index (χ2n) is 4.66. The topological polar surface area (TPSA) is 87.2 Å². The molecule has 3 N–H and O–H groups in total. The summed E-state index contributed by atoms with van der Waals surface area (Å²) in [5.41, 5.74) is 5.41. The lowest BCUT2D eigenvalue weighted by Crippen LogP contribution is -2.50. The van der Waals surface area contributed by atoms with E-state index in [1.807, 2.05) is 0 Å². The molecule has 1 aromatic carbocycles. The molecule has 1 fully saturated rings. The van der Waals surface area contributed by atoms with Crippen LogP contribution in [0.1, 0.15) is 19.3 Å². The largest absolute Gasteiger partial charge is 0.386 e. The quantitative estimate of drug-likeness (QED) is 0.654. The van der Waals surface area contributed by atoms with Crippen molar-refractivity contribution in [2.24, 2.45) is 5.73 Å². The number of halogens is 2. The number of sulfonamides is 1. The Labute approximate surface area is 115 Å². The second-order valence-corrected chi connectivity index (χ2v) is 6.52. The van der Waals surface area contributed by atoms with Crippen LogP contribution in [-0.4, -0.2) is 31.1 Å². The van der Waals surface area contributed by atoms with Crippen molar-refractivity contribution in [1.29, 1.82) is 5.41 Å². The minimum atomic E-state index is -4.21. The van der Waals surface area contributed by atoms with Gasteiger partial charge in [-0.25, -0.2) is 17.2 Å². The van der Waals surface area contributed by atoms with Crippen LogP contribution in [-0.2, 0) is 10.0 Å².